The van der Waals surface area contributed by atoms with Gasteiger partial charge < -0.3 is 10.2 Å². The highest BCUT2D eigenvalue weighted by Gasteiger charge is 2.12. The predicted octanol–water partition coefficient (Wildman–Crippen LogP) is 2.72. The van der Waals surface area contributed by atoms with Crippen LogP contribution in [0, 0.1) is 0 Å². The van der Waals surface area contributed by atoms with E-state index in [1.165, 1.54) is 0 Å². The van der Waals surface area contributed by atoms with Crippen LogP contribution in [0.1, 0.15) is 18.1 Å². The Hall–Kier alpha value is -0.390. The summed E-state index contributed by atoms with van der Waals surface area (Å²) in [7, 11) is 0. The molecule has 0 bridgehead atoms. The van der Waals surface area contributed by atoms with E-state index in [2.05, 4.69) is 31.9 Å². The number of carboxylic acid groups (broad SMARTS) is 1. The SMILES string of the molecule is O=C(O)CC(O)c1ccc(Br)c(Br)c1. The molecule has 5 heteroatoms. The number of hydrogen-bond donors (Lipinski definition) is 2. The van der Waals surface area contributed by atoms with Crippen molar-refractivity contribution in [1.82, 2.24) is 0 Å². The summed E-state index contributed by atoms with van der Waals surface area (Å²) in [6, 6.07) is 5.13. The summed E-state index contributed by atoms with van der Waals surface area (Å²) in [4.78, 5) is 10.4. The van der Waals surface area contributed by atoms with E-state index in [0.717, 1.165) is 8.95 Å². The van der Waals surface area contributed by atoms with Gasteiger partial charge in [-0.25, -0.2) is 0 Å². The van der Waals surface area contributed by atoms with Crippen LogP contribution in [-0.4, -0.2) is 16.2 Å². The van der Waals surface area contributed by atoms with Gasteiger partial charge in [-0.05, 0) is 49.6 Å². The Bertz CT molecular complexity index is 352. The van der Waals surface area contributed by atoms with Gasteiger partial charge in [0, 0.05) is 8.95 Å². The van der Waals surface area contributed by atoms with E-state index in [1.807, 2.05) is 0 Å². The lowest BCUT2D eigenvalue weighted by Crippen LogP contribution is -2.05. The van der Waals surface area contributed by atoms with E-state index in [0.29, 0.717) is 5.56 Å². The average molecular weight is 324 g/mol. The van der Waals surface area contributed by atoms with E-state index in [1.54, 1.807) is 18.2 Å². The maximum Gasteiger partial charge on any atom is 0.306 e. The molecule has 0 fully saturated rings. The minimum Gasteiger partial charge on any atom is -0.481 e. The van der Waals surface area contributed by atoms with Crippen LogP contribution < -0.4 is 0 Å². The summed E-state index contributed by atoms with van der Waals surface area (Å²) < 4.78 is 1.66. The lowest BCUT2D eigenvalue weighted by atomic mass is 10.1. The van der Waals surface area contributed by atoms with Gasteiger partial charge in [0.25, 0.3) is 0 Å². The maximum absolute atomic E-state index is 10.4. The summed E-state index contributed by atoms with van der Waals surface area (Å²) in [6.07, 6.45) is -1.24. The number of rotatable bonds is 3. The number of aliphatic hydroxyl groups is 1. The lowest BCUT2D eigenvalue weighted by molar-refractivity contribution is -0.139. The first-order chi connectivity index (χ1) is 6.50. The Labute approximate surface area is 98.0 Å². The number of aliphatic hydroxyl groups excluding tert-OH is 1. The molecule has 76 valence electrons. The Balaban J connectivity index is 2.85. The summed E-state index contributed by atoms with van der Waals surface area (Å²) in [5.74, 6) is -1.02. The summed E-state index contributed by atoms with van der Waals surface area (Å²) in [5.41, 5.74) is 0.586. The second-order valence-electron chi connectivity index (χ2n) is 2.79. The van der Waals surface area contributed by atoms with Crippen LogP contribution in [0.3, 0.4) is 0 Å². The van der Waals surface area contributed by atoms with Crippen LogP contribution >= 0.6 is 31.9 Å². The van der Waals surface area contributed by atoms with Crippen molar-refractivity contribution in [3.8, 4) is 0 Å². The molecule has 0 aliphatic carbocycles. The van der Waals surface area contributed by atoms with Gasteiger partial charge in [0.1, 0.15) is 0 Å². The first-order valence-corrected chi connectivity index (χ1v) is 5.44. The lowest BCUT2D eigenvalue weighted by Gasteiger charge is -2.08. The minimum absolute atomic E-state index is 0.284. The number of hydrogen-bond acceptors (Lipinski definition) is 2. The number of carbonyl (C=O) groups is 1. The van der Waals surface area contributed by atoms with Crippen molar-refractivity contribution in [2.24, 2.45) is 0 Å². The fourth-order valence-corrected chi connectivity index (χ4v) is 1.65. The van der Waals surface area contributed by atoms with Gasteiger partial charge in [-0.1, -0.05) is 6.07 Å². The third kappa shape index (κ3) is 3.08. The predicted molar refractivity (Wildman–Crippen MR) is 59.1 cm³/mol. The quantitative estimate of drug-likeness (QED) is 0.899. The molecule has 1 aromatic rings. The van der Waals surface area contributed by atoms with Gasteiger partial charge in [-0.3, -0.25) is 4.79 Å². The Kier molecular flexibility index (Phi) is 4.10. The molecular weight excluding hydrogens is 316 g/mol. The molecule has 0 aromatic heterocycles. The maximum atomic E-state index is 10.4. The molecule has 0 aliphatic heterocycles. The normalized spacial score (nSPS) is 12.5. The van der Waals surface area contributed by atoms with Crippen molar-refractivity contribution < 1.29 is 15.0 Å². The summed E-state index contributed by atoms with van der Waals surface area (Å²) in [6.45, 7) is 0. The first-order valence-electron chi connectivity index (χ1n) is 3.85. The van der Waals surface area contributed by atoms with Crippen molar-refractivity contribution in [3.63, 3.8) is 0 Å². The topological polar surface area (TPSA) is 57.5 Å². The Morgan fingerprint density at radius 1 is 1.36 bits per heavy atom. The summed E-state index contributed by atoms with van der Waals surface area (Å²) >= 11 is 6.56. The first kappa shape index (κ1) is 11.7. The fraction of sp³-hybridized carbons (Fsp3) is 0.222. The van der Waals surface area contributed by atoms with Gasteiger partial charge in [0.2, 0.25) is 0 Å². The molecule has 1 aromatic carbocycles. The van der Waals surface area contributed by atoms with E-state index >= 15 is 0 Å². The van der Waals surface area contributed by atoms with Crippen molar-refractivity contribution in [2.75, 3.05) is 0 Å². The zero-order chi connectivity index (χ0) is 10.7. The van der Waals surface area contributed by atoms with E-state index < -0.39 is 12.1 Å². The molecule has 0 heterocycles. The largest absolute Gasteiger partial charge is 0.481 e. The molecule has 0 saturated carbocycles. The van der Waals surface area contributed by atoms with Gasteiger partial charge in [-0.15, -0.1) is 0 Å². The molecular formula is C9H8Br2O3. The van der Waals surface area contributed by atoms with E-state index in [-0.39, 0.29) is 6.42 Å². The average Bonchev–Trinajstić information content (AvgIpc) is 2.08. The van der Waals surface area contributed by atoms with Gasteiger partial charge in [-0.2, -0.15) is 0 Å². The van der Waals surface area contributed by atoms with Crippen molar-refractivity contribution >= 4 is 37.8 Å². The number of benzene rings is 1. The van der Waals surface area contributed by atoms with Crippen molar-refractivity contribution in [3.05, 3.63) is 32.7 Å². The molecule has 1 rings (SSSR count). The monoisotopic (exact) mass is 322 g/mol. The van der Waals surface area contributed by atoms with Crippen LogP contribution in [0.5, 0.6) is 0 Å². The second-order valence-corrected chi connectivity index (χ2v) is 4.50. The molecule has 0 amide bonds. The third-order valence-corrected chi connectivity index (χ3v) is 3.58. The van der Waals surface area contributed by atoms with Crippen molar-refractivity contribution in [1.29, 1.82) is 0 Å². The van der Waals surface area contributed by atoms with Gasteiger partial charge in [0.05, 0.1) is 12.5 Å². The molecule has 0 saturated heterocycles. The smallest absolute Gasteiger partial charge is 0.306 e. The molecule has 3 nitrogen and oxygen atoms in total. The zero-order valence-corrected chi connectivity index (χ0v) is 10.2. The number of halogens is 2. The molecule has 0 radical (unpaired) electrons. The molecule has 1 unspecified atom stereocenters. The van der Waals surface area contributed by atoms with Crippen LogP contribution in [0.4, 0.5) is 0 Å². The van der Waals surface area contributed by atoms with Crippen LogP contribution in [0.15, 0.2) is 27.1 Å². The van der Waals surface area contributed by atoms with Gasteiger partial charge in [0.15, 0.2) is 0 Å². The fourth-order valence-electron chi connectivity index (χ4n) is 1.00. The standard InChI is InChI=1S/C9H8Br2O3/c10-6-2-1-5(3-7(6)11)8(12)4-9(13)14/h1-3,8,12H,4H2,(H,13,14). The van der Waals surface area contributed by atoms with Gasteiger partial charge >= 0.3 is 5.97 Å². The van der Waals surface area contributed by atoms with Crippen LogP contribution in [0.2, 0.25) is 0 Å². The number of carboxylic acids is 1. The third-order valence-electron chi connectivity index (χ3n) is 1.70. The summed E-state index contributed by atoms with van der Waals surface area (Å²) in [5, 5.41) is 18.0. The van der Waals surface area contributed by atoms with E-state index in [4.69, 9.17) is 5.11 Å². The van der Waals surface area contributed by atoms with Crippen LogP contribution in [0.25, 0.3) is 0 Å². The Morgan fingerprint density at radius 2 is 2.00 bits per heavy atom. The Morgan fingerprint density at radius 3 is 2.50 bits per heavy atom. The second kappa shape index (κ2) is 4.91. The molecule has 0 spiro atoms. The van der Waals surface area contributed by atoms with Crippen LogP contribution in [-0.2, 0) is 4.79 Å². The zero-order valence-electron chi connectivity index (χ0n) is 7.08. The minimum atomic E-state index is -1.02. The molecule has 2 N–H and O–H groups in total. The highest BCUT2D eigenvalue weighted by molar-refractivity contribution is 9.13. The van der Waals surface area contributed by atoms with E-state index in [9.17, 15) is 9.90 Å². The highest BCUT2D eigenvalue weighted by atomic mass is 79.9. The molecule has 1 atom stereocenters. The molecule has 0 aliphatic rings. The van der Waals surface area contributed by atoms with Crippen molar-refractivity contribution in [2.45, 2.75) is 12.5 Å². The highest BCUT2D eigenvalue weighted by Crippen LogP contribution is 2.27. The molecule has 14 heavy (non-hydrogen) atoms. The number of aliphatic carboxylic acids is 1.